The zero-order valence-electron chi connectivity index (χ0n) is 7.72. The molecular weight excluding hydrogens is 346 g/mol. The van der Waals surface area contributed by atoms with Gasteiger partial charge in [0.05, 0.1) is 5.56 Å². The van der Waals surface area contributed by atoms with Crippen molar-refractivity contribution in [1.82, 2.24) is 0 Å². The van der Waals surface area contributed by atoms with Crippen molar-refractivity contribution in [2.24, 2.45) is 0 Å². The molecule has 1 aromatic rings. The molecule has 0 aliphatic heterocycles. The van der Waals surface area contributed by atoms with Crippen molar-refractivity contribution in [1.29, 1.82) is 0 Å². The Hall–Kier alpha value is -0.170. The van der Waals surface area contributed by atoms with Crippen LogP contribution in [0.1, 0.15) is 15.9 Å². The Balaban J connectivity index is 3.78. The minimum atomic E-state index is -4.27. The van der Waals surface area contributed by atoms with Gasteiger partial charge in [-0.3, -0.25) is 4.79 Å². The van der Waals surface area contributed by atoms with Gasteiger partial charge in [0.1, 0.15) is 4.90 Å². The summed E-state index contributed by atoms with van der Waals surface area (Å²) in [5.41, 5.74) is -0.295. The Labute approximate surface area is 109 Å². The van der Waals surface area contributed by atoms with Crippen molar-refractivity contribution in [3.05, 3.63) is 27.5 Å². The zero-order chi connectivity index (χ0) is 12.7. The summed E-state index contributed by atoms with van der Waals surface area (Å²) in [5.74, 6) is -1.24. The van der Waals surface area contributed by atoms with Gasteiger partial charge in [-0.25, -0.2) is 12.8 Å². The van der Waals surface area contributed by atoms with Crippen LogP contribution in [0.4, 0.5) is 4.39 Å². The summed E-state index contributed by atoms with van der Waals surface area (Å²) in [5, 5.41) is -1.09. The lowest BCUT2D eigenvalue weighted by atomic mass is 10.1. The standard InChI is InChI=1S/C8H4BrCl2FO3S/c1-3-4(9)2-5(16(11,14)15)7(12)6(3)8(10)13/h2H,1H3. The fourth-order valence-electron chi connectivity index (χ4n) is 1.11. The fourth-order valence-corrected chi connectivity index (χ4v) is 2.82. The number of hydrogen-bond donors (Lipinski definition) is 0. The summed E-state index contributed by atoms with van der Waals surface area (Å²) in [7, 11) is 0.749. The number of carbonyl (C=O) groups excluding carboxylic acids is 1. The number of rotatable bonds is 2. The lowest BCUT2D eigenvalue weighted by Gasteiger charge is -2.08. The molecule has 0 N–H and O–H groups in total. The molecule has 0 unspecified atom stereocenters. The van der Waals surface area contributed by atoms with E-state index in [2.05, 4.69) is 15.9 Å². The summed E-state index contributed by atoms with van der Waals surface area (Å²) in [6, 6.07) is 0.982. The normalized spacial score (nSPS) is 11.6. The summed E-state index contributed by atoms with van der Waals surface area (Å²) in [6.45, 7) is 1.42. The predicted octanol–water partition coefficient (Wildman–Crippen LogP) is 3.20. The molecule has 0 radical (unpaired) electrons. The second kappa shape index (κ2) is 4.60. The Morgan fingerprint density at radius 1 is 1.50 bits per heavy atom. The van der Waals surface area contributed by atoms with E-state index in [0.717, 1.165) is 6.07 Å². The van der Waals surface area contributed by atoms with Gasteiger partial charge in [0, 0.05) is 15.2 Å². The minimum absolute atomic E-state index is 0.210. The molecule has 0 saturated carbocycles. The van der Waals surface area contributed by atoms with Gasteiger partial charge in [-0.2, -0.15) is 0 Å². The summed E-state index contributed by atoms with van der Waals surface area (Å²) < 4.78 is 36.0. The largest absolute Gasteiger partial charge is 0.275 e. The molecule has 0 fully saturated rings. The number of hydrogen-bond acceptors (Lipinski definition) is 3. The van der Waals surface area contributed by atoms with Gasteiger partial charge in [0.2, 0.25) is 0 Å². The van der Waals surface area contributed by atoms with Gasteiger partial charge < -0.3 is 0 Å². The Morgan fingerprint density at radius 2 is 2.00 bits per heavy atom. The molecule has 3 nitrogen and oxygen atoms in total. The third-order valence-electron chi connectivity index (χ3n) is 1.89. The highest BCUT2D eigenvalue weighted by Gasteiger charge is 2.25. The van der Waals surface area contributed by atoms with Crippen LogP contribution in [0.2, 0.25) is 0 Å². The SMILES string of the molecule is Cc1c(Br)cc(S(=O)(=O)Cl)c(F)c1C(=O)Cl. The average molecular weight is 350 g/mol. The molecule has 8 heteroatoms. The maximum atomic E-state index is 13.7. The highest BCUT2D eigenvalue weighted by Crippen LogP contribution is 2.31. The fraction of sp³-hybridized carbons (Fsp3) is 0.125. The van der Waals surface area contributed by atoms with E-state index in [4.69, 9.17) is 22.3 Å². The molecular formula is C8H4BrCl2FO3S. The van der Waals surface area contributed by atoms with Crippen LogP contribution in [0.25, 0.3) is 0 Å². The molecule has 0 saturated heterocycles. The molecule has 0 bridgehead atoms. The van der Waals surface area contributed by atoms with Crippen LogP contribution in [0.5, 0.6) is 0 Å². The van der Waals surface area contributed by atoms with Gasteiger partial charge in [-0.1, -0.05) is 15.9 Å². The molecule has 0 aromatic heterocycles. The molecule has 16 heavy (non-hydrogen) atoms. The van der Waals surface area contributed by atoms with Crippen molar-refractivity contribution in [3.8, 4) is 0 Å². The first-order valence-electron chi connectivity index (χ1n) is 3.79. The quantitative estimate of drug-likeness (QED) is 0.770. The monoisotopic (exact) mass is 348 g/mol. The van der Waals surface area contributed by atoms with Crippen molar-refractivity contribution in [2.75, 3.05) is 0 Å². The first-order chi connectivity index (χ1) is 7.16. The van der Waals surface area contributed by atoms with Crippen LogP contribution in [-0.4, -0.2) is 13.7 Å². The third kappa shape index (κ3) is 2.56. The Kier molecular flexibility index (Phi) is 3.99. The van der Waals surface area contributed by atoms with E-state index in [9.17, 15) is 17.6 Å². The molecule has 0 amide bonds. The van der Waals surface area contributed by atoms with E-state index in [1.807, 2.05) is 0 Å². The van der Waals surface area contributed by atoms with E-state index in [1.54, 1.807) is 0 Å². The molecule has 1 rings (SSSR count). The van der Waals surface area contributed by atoms with E-state index in [-0.39, 0.29) is 10.0 Å². The van der Waals surface area contributed by atoms with E-state index in [1.165, 1.54) is 6.92 Å². The van der Waals surface area contributed by atoms with E-state index < -0.39 is 30.6 Å². The Bertz CT molecular complexity index is 571. The van der Waals surface area contributed by atoms with Crippen molar-refractivity contribution in [3.63, 3.8) is 0 Å². The van der Waals surface area contributed by atoms with E-state index >= 15 is 0 Å². The van der Waals surface area contributed by atoms with Gasteiger partial charge in [0.15, 0.2) is 5.82 Å². The van der Waals surface area contributed by atoms with Gasteiger partial charge in [0.25, 0.3) is 14.3 Å². The second-order valence-electron chi connectivity index (χ2n) is 2.88. The maximum Gasteiger partial charge on any atom is 0.264 e. The highest BCUT2D eigenvalue weighted by molar-refractivity contribution is 9.10. The first kappa shape index (κ1) is 13.9. The topological polar surface area (TPSA) is 51.2 Å². The zero-order valence-corrected chi connectivity index (χ0v) is 11.6. The first-order valence-corrected chi connectivity index (χ1v) is 7.27. The van der Waals surface area contributed by atoms with Gasteiger partial charge in [-0.05, 0) is 30.2 Å². The van der Waals surface area contributed by atoms with Crippen LogP contribution in [-0.2, 0) is 9.05 Å². The lowest BCUT2D eigenvalue weighted by Crippen LogP contribution is -2.06. The van der Waals surface area contributed by atoms with Crippen LogP contribution >= 0.6 is 38.2 Å². The summed E-state index contributed by atoms with van der Waals surface area (Å²) >= 11 is 8.16. The van der Waals surface area contributed by atoms with Crippen LogP contribution < -0.4 is 0 Å². The molecule has 1 aromatic carbocycles. The Morgan fingerprint density at radius 3 is 2.38 bits per heavy atom. The summed E-state index contributed by atoms with van der Waals surface area (Å²) in [4.78, 5) is 10.2. The molecule has 0 aliphatic rings. The predicted molar refractivity (Wildman–Crippen MR) is 62.1 cm³/mol. The van der Waals surface area contributed by atoms with Crippen LogP contribution in [0.15, 0.2) is 15.4 Å². The smallest absolute Gasteiger partial charge is 0.264 e. The molecule has 88 valence electrons. The van der Waals surface area contributed by atoms with Crippen molar-refractivity contribution >= 4 is 52.5 Å². The number of benzene rings is 1. The highest BCUT2D eigenvalue weighted by atomic mass is 79.9. The maximum absolute atomic E-state index is 13.7. The minimum Gasteiger partial charge on any atom is -0.275 e. The molecule has 0 aliphatic carbocycles. The van der Waals surface area contributed by atoms with E-state index in [0.29, 0.717) is 0 Å². The van der Waals surface area contributed by atoms with Crippen LogP contribution in [0, 0.1) is 12.7 Å². The molecule has 0 heterocycles. The molecule has 0 atom stereocenters. The van der Waals surface area contributed by atoms with Gasteiger partial charge >= 0.3 is 0 Å². The third-order valence-corrected chi connectivity index (χ3v) is 4.22. The number of carbonyl (C=O) groups is 1. The molecule has 0 spiro atoms. The number of halogens is 4. The summed E-state index contributed by atoms with van der Waals surface area (Å²) in [6.07, 6.45) is 0. The average Bonchev–Trinajstić information content (AvgIpc) is 2.09. The van der Waals surface area contributed by atoms with Gasteiger partial charge in [-0.15, -0.1) is 0 Å². The second-order valence-corrected chi connectivity index (χ2v) is 6.61. The van der Waals surface area contributed by atoms with Crippen molar-refractivity contribution < 1.29 is 17.6 Å². The van der Waals surface area contributed by atoms with Crippen molar-refractivity contribution in [2.45, 2.75) is 11.8 Å². The lowest BCUT2D eigenvalue weighted by molar-refractivity contribution is 0.107. The van der Waals surface area contributed by atoms with Crippen LogP contribution in [0.3, 0.4) is 0 Å².